The van der Waals surface area contributed by atoms with Crippen LogP contribution in [0.2, 0.25) is 0 Å². The maximum Gasteiger partial charge on any atom is 0.417 e. The fourth-order valence-electron chi connectivity index (χ4n) is 3.41. The van der Waals surface area contributed by atoms with E-state index < -0.39 is 32.6 Å². The molecule has 2 N–H and O–H groups in total. The maximum atomic E-state index is 13.2. The lowest BCUT2D eigenvalue weighted by molar-refractivity contribution is -0.139. The van der Waals surface area contributed by atoms with Crippen LogP contribution < -0.4 is 5.32 Å². The van der Waals surface area contributed by atoms with E-state index in [1.54, 1.807) is 18.2 Å². The number of hydrogen-bond acceptors (Lipinski definition) is 4. The van der Waals surface area contributed by atoms with Crippen LogP contribution >= 0.6 is 0 Å². The second-order valence-electron chi connectivity index (χ2n) is 7.02. The first-order valence-corrected chi connectivity index (χ1v) is 10.8. The molecule has 10 heteroatoms. The molecule has 3 rings (SSSR count). The number of benzene rings is 2. The number of phenolic OH excluding ortho intramolecular Hbond substituents is 1. The number of amides is 1. The molecule has 0 unspecified atom stereocenters. The van der Waals surface area contributed by atoms with E-state index >= 15 is 0 Å². The van der Waals surface area contributed by atoms with Crippen LogP contribution in [-0.4, -0.2) is 36.8 Å². The molecule has 30 heavy (non-hydrogen) atoms. The Kier molecular flexibility index (Phi) is 6.37. The predicted molar refractivity (Wildman–Crippen MR) is 103 cm³/mol. The monoisotopic (exact) mass is 442 g/mol. The number of nitrogens with zero attached hydrogens (tertiary/aromatic N) is 1. The van der Waals surface area contributed by atoms with Crippen molar-refractivity contribution in [2.75, 3.05) is 13.1 Å². The van der Waals surface area contributed by atoms with Crippen LogP contribution in [0.25, 0.3) is 0 Å². The van der Waals surface area contributed by atoms with Gasteiger partial charge >= 0.3 is 6.18 Å². The van der Waals surface area contributed by atoms with Gasteiger partial charge in [-0.3, -0.25) is 4.79 Å². The van der Waals surface area contributed by atoms with Crippen molar-refractivity contribution in [3.05, 3.63) is 59.7 Å². The summed E-state index contributed by atoms with van der Waals surface area (Å²) in [5.74, 6) is -0.687. The lowest BCUT2D eigenvalue weighted by Gasteiger charge is -2.31. The average Bonchev–Trinajstić information content (AvgIpc) is 2.72. The maximum absolute atomic E-state index is 13.2. The van der Waals surface area contributed by atoms with Crippen molar-refractivity contribution in [2.45, 2.75) is 30.5 Å². The lowest BCUT2D eigenvalue weighted by atomic mass is 9.97. The Morgan fingerprint density at radius 1 is 1.07 bits per heavy atom. The third kappa shape index (κ3) is 4.76. The number of nitrogens with one attached hydrogen (secondary N) is 1. The van der Waals surface area contributed by atoms with Gasteiger partial charge in [-0.15, -0.1) is 0 Å². The summed E-state index contributed by atoms with van der Waals surface area (Å²) < 4.78 is 66.2. The van der Waals surface area contributed by atoms with Gasteiger partial charge in [-0.25, -0.2) is 8.42 Å². The molecule has 0 bridgehead atoms. The van der Waals surface area contributed by atoms with Crippen LogP contribution in [0.3, 0.4) is 0 Å². The van der Waals surface area contributed by atoms with Gasteiger partial charge in [0, 0.05) is 31.1 Å². The number of carbonyl (C=O) groups is 1. The van der Waals surface area contributed by atoms with E-state index in [1.165, 1.54) is 12.1 Å². The molecule has 1 aliphatic heterocycles. The number of rotatable bonds is 5. The zero-order valence-electron chi connectivity index (χ0n) is 15.9. The van der Waals surface area contributed by atoms with E-state index in [2.05, 4.69) is 5.32 Å². The molecule has 1 fully saturated rings. The summed E-state index contributed by atoms with van der Waals surface area (Å²) in [5.41, 5.74) is -0.651. The van der Waals surface area contributed by atoms with Gasteiger partial charge in [0.2, 0.25) is 15.9 Å². The molecule has 162 valence electrons. The average molecular weight is 442 g/mol. The number of sulfonamides is 1. The van der Waals surface area contributed by atoms with Gasteiger partial charge in [0.05, 0.1) is 10.5 Å². The molecule has 2 aromatic rings. The number of aromatic hydroxyl groups is 1. The van der Waals surface area contributed by atoms with Gasteiger partial charge in [-0.1, -0.05) is 30.3 Å². The topological polar surface area (TPSA) is 86.7 Å². The molecule has 0 aliphatic carbocycles. The molecule has 0 atom stereocenters. The largest absolute Gasteiger partial charge is 0.508 e. The molecule has 0 aromatic heterocycles. The summed E-state index contributed by atoms with van der Waals surface area (Å²) >= 11 is 0. The Morgan fingerprint density at radius 3 is 2.30 bits per heavy atom. The first kappa shape index (κ1) is 22.1. The first-order valence-electron chi connectivity index (χ1n) is 9.31. The summed E-state index contributed by atoms with van der Waals surface area (Å²) in [7, 11) is -4.34. The molecular weight excluding hydrogens is 421 g/mol. The number of para-hydroxylation sites is 1. The van der Waals surface area contributed by atoms with Crippen LogP contribution in [0.5, 0.6) is 5.75 Å². The highest BCUT2D eigenvalue weighted by Crippen LogP contribution is 2.36. The third-order valence-electron chi connectivity index (χ3n) is 5.08. The second-order valence-corrected chi connectivity index (χ2v) is 8.93. The normalized spacial score (nSPS) is 16.4. The Hall–Kier alpha value is -2.59. The molecule has 0 saturated carbocycles. The molecule has 1 saturated heterocycles. The molecule has 0 radical (unpaired) electrons. The number of piperidine rings is 1. The van der Waals surface area contributed by atoms with Gasteiger partial charge in [-0.05, 0) is 31.0 Å². The van der Waals surface area contributed by atoms with Crippen LogP contribution in [0.4, 0.5) is 13.2 Å². The minimum atomic E-state index is -4.79. The van der Waals surface area contributed by atoms with Crippen LogP contribution in [-0.2, 0) is 27.5 Å². The summed E-state index contributed by atoms with van der Waals surface area (Å²) in [6.07, 6.45) is -4.40. The van der Waals surface area contributed by atoms with Crippen molar-refractivity contribution in [1.82, 2.24) is 9.62 Å². The zero-order chi connectivity index (χ0) is 21.9. The van der Waals surface area contributed by atoms with E-state index in [0.717, 1.165) is 22.5 Å². The highest BCUT2D eigenvalue weighted by molar-refractivity contribution is 7.89. The van der Waals surface area contributed by atoms with Crippen LogP contribution in [0, 0.1) is 5.92 Å². The van der Waals surface area contributed by atoms with Crippen LogP contribution in [0.1, 0.15) is 24.0 Å². The van der Waals surface area contributed by atoms with Gasteiger partial charge in [0.15, 0.2) is 0 Å². The summed E-state index contributed by atoms with van der Waals surface area (Å²) in [6.45, 7) is 0.0232. The minimum Gasteiger partial charge on any atom is -0.508 e. The SMILES string of the molecule is O=C(NCc1ccccc1O)C1CCN(S(=O)(=O)c2ccccc2C(F)(F)F)CC1. The van der Waals surface area contributed by atoms with Crippen molar-refractivity contribution in [2.24, 2.45) is 5.92 Å². The molecule has 1 heterocycles. The minimum absolute atomic E-state index is 0.0524. The number of hydrogen-bond donors (Lipinski definition) is 2. The Morgan fingerprint density at radius 2 is 1.67 bits per heavy atom. The summed E-state index contributed by atoms with van der Waals surface area (Å²) in [6, 6.07) is 10.6. The number of phenols is 1. The van der Waals surface area contributed by atoms with Crippen molar-refractivity contribution < 1.29 is 31.5 Å². The van der Waals surface area contributed by atoms with Gasteiger partial charge in [0.1, 0.15) is 5.75 Å². The van der Waals surface area contributed by atoms with E-state index in [1.807, 2.05) is 0 Å². The standard InChI is InChI=1S/C20H21F3N2O4S/c21-20(22,23)16-6-2-4-8-18(16)30(28,29)25-11-9-14(10-12-25)19(27)24-13-15-5-1-3-7-17(15)26/h1-8,14,26H,9-13H2,(H,24,27). The molecule has 1 aliphatic rings. The Bertz CT molecular complexity index is 1020. The van der Waals surface area contributed by atoms with E-state index in [0.29, 0.717) is 5.56 Å². The van der Waals surface area contributed by atoms with E-state index in [-0.39, 0.29) is 44.1 Å². The first-order chi connectivity index (χ1) is 14.1. The Labute approximate surface area is 172 Å². The fourth-order valence-corrected chi connectivity index (χ4v) is 5.09. The summed E-state index contributed by atoms with van der Waals surface area (Å²) in [5, 5.41) is 12.4. The van der Waals surface area contributed by atoms with E-state index in [9.17, 15) is 31.5 Å². The van der Waals surface area contributed by atoms with Crippen LogP contribution in [0.15, 0.2) is 53.4 Å². The fraction of sp³-hybridized carbons (Fsp3) is 0.350. The molecule has 1 amide bonds. The summed E-state index contributed by atoms with van der Waals surface area (Å²) in [4.78, 5) is 11.6. The predicted octanol–water partition coefficient (Wildman–Crippen LogP) is 3.13. The molecular formula is C20H21F3N2O4S. The zero-order valence-corrected chi connectivity index (χ0v) is 16.7. The molecule has 6 nitrogen and oxygen atoms in total. The second kappa shape index (κ2) is 8.65. The third-order valence-corrected chi connectivity index (χ3v) is 7.04. The number of alkyl halides is 3. The smallest absolute Gasteiger partial charge is 0.417 e. The van der Waals surface area contributed by atoms with Crippen molar-refractivity contribution in [1.29, 1.82) is 0 Å². The highest BCUT2D eigenvalue weighted by atomic mass is 32.2. The van der Waals surface area contributed by atoms with Crippen molar-refractivity contribution in [3.8, 4) is 5.75 Å². The van der Waals surface area contributed by atoms with Gasteiger partial charge in [-0.2, -0.15) is 17.5 Å². The molecule has 0 spiro atoms. The van der Waals surface area contributed by atoms with E-state index in [4.69, 9.17) is 0 Å². The molecule has 2 aromatic carbocycles. The Balaban J connectivity index is 1.64. The van der Waals surface area contributed by atoms with Crippen molar-refractivity contribution >= 4 is 15.9 Å². The van der Waals surface area contributed by atoms with Gasteiger partial charge < -0.3 is 10.4 Å². The quantitative estimate of drug-likeness (QED) is 0.745. The van der Waals surface area contributed by atoms with Crippen molar-refractivity contribution in [3.63, 3.8) is 0 Å². The highest BCUT2D eigenvalue weighted by Gasteiger charge is 2.40. The number of halogens is 3. The van der Waals surface area contributed by atoms with Gasteiger partial charge in [0.25, 0.3) is 0 Å². The number of carbonyl (C=O) groups excluding carboxylic acids is 1. The lowest BCUT2D eigenvalue weighted by Crippen LogP contribution is -2.43.